The van der Waals surface area contributed by atoms with E-state index in [0.29, 0.717) is 12.8 Å². The molecule has 0 aromatic rings. The summed E-state index contributed by atoms with van der Waals surface area (Å²) < 4.78 is 31.7. The second-order valence-electron chi connectivity index (χ2n) is 17.5. The number of ether oxygens (including phenoxy) is 6. The van der Waals surface area contributed by atoms with Crippen LogP contribution >= 0.6 is 0 Å². The van der Waals surface area contributed by atoms with Gasteiger partial charge in [0.2, 0.25) is 17.7 Å². The van der Waals surface area contributed by atoms with E-state index in [1.807, 2.05) is 20.8 Å². The monoisotopic (exact) mass is 904 g/mol. The molecule has 0 aliphatic carbocycles. The average Bonchev–Trinajstić information content (AvgIpc) is 3.17. The fourth-order valence-electron chi connectivity index (χ4n) is 6.06. The third-order valence-electron chi connectivity index (χ3n) is 9.09. The Morgan fingerprint density at radius 3 is 1.51 bits per heavy atom. The molecule has 0 saturated heterocycles. The minimum absolute atomic E-state index is 0.0126. The third kappa shape index (κ3) is 40.6. The SMILES string of the molecule is CC(C)(C)OC(=O)CCCCCCCCCCCCCCCCC(=O)N[C@@H](CCC(=O)NCCOCCOCC(=O)N(CCOCCOCC(=O)O)CC(=O)O)C(=O)OC(C)(C)C. The molecule has 4 N–H and O–H groups in total. The number of amides is 3. The predicted octanol–water partition coefficient (Wildman–Crippen LogP) is 5.36. The first-order valence-electron chi connectivity index (χ1n) is 22.8. The largest absolute Gasteiger partial charge is 0.480 e. The molecule has 0 heterocycles. The lowest BCUT2D eigenvalue weighted by Gasteiger charge is -2.24. The predicted molar refractivity (Wildman–Crippen MR) is 235 cm³/mol. The van der Waals surface area contributed by atoms with Crippen molar-refractivity contribution < 1.29 is 72.2 Å². The van der Waals surface area contributed by atoms with Crippen LogP contribution in [0.3, 0.4) is 0 Å². The van der Waals surface area contributed by atoms with Crippen molar-refractivity contribution in [3.63, 3.8) is 0 Å². The Hall–Kier alpha value is -3.87. The van der Waals surface area contributed by atoms with Crippen molar-refractivity contribution in [2.45, 2.75) is 174 Å². The fourth-order valence-corrected chi connectivity index (χ4v) is 6.06. The lowest BCUT2D eigenvalue weighted by molar-refractivity contribution is -0.159. The molecular weight excluding hydrogens is 823 g/mol. The van der Waals surface area contributed by atoms with E-state index in [-0.39, 0.29) is 96.4 Å². The number of nitrogens with one attached hydrogen (secondary N) is 2. The van der Waals surface area contributed by atoms with Gasteiger partial charge in [0.05, 0.1) is 39.6 Å². The quantitative estimate of drug-likeness (QED) is 0.0447. The minimum atomic E-state index is -1.21. The smallest absolute Gasteiger partial charge is 0.329 e. The molecule has 18 heteroatoms. The molecule has 0 aliphatic rings. The van der Waals surface area contributed by atoms with Crippen LogP contribution in [-0.2, 0) is 62.0 Å². The summed E-state index contributed by atoms with van der Waals surface area (Å²) in [5, 5.41) is 23.1. The molecule has 0 aromatic carbocycles. The number of carboxylic acids is 2. The highest BCUT2D eigenvalue weighted by Gasteiger charge is 2.27. The maximum atomic E-state index is 12.9. The van der Waals surface area contributed by atoms with Crippen molar-refractivity contribution in [1.29, 1.82) is 0 Å². The van der Waals surface area contributed by atoms with Gasteiger partial charge in [0, 0.05) is 32.4 Å². The normalized spacial score (nSPS) is 12.0. The summed E-state index contributed by atoms with van der Waals surface area (Å²) in [6.45, 7) is 10.1. The van der Waals surface area contributed by atoms with Gasteiger partial charge in [-0.05, 0) is 60.8 Å². The molecule has 0 spiro atoms. The van der Waals surface area contributed by atoms with E-state index < -0.39 is 54.2 Å². The van der Waals surface area contributed by atoms with E-state index in [1.165, 1.54) is 44.9 Å². The average molecular weight is 904 g/mol. The lowest BCUT2D eigenvalue weighted by atomic mass is 10.0. The molecule has 63 heavy (non-hydrogen) atoms. The number of unbranched alkanes of at least 4 members (excludes halogenated alkanes) is 13. The van der Waals surface area contributed by atoms with Gasteiger partial charge in [-0.2, -0.15) is 0 Å². The van der Waals surface area contributed by atoms with Crippen molar-refractivity contribution in [2.24, 2.45) is 0 Å². The van der Waals surface area contributed by atoms with E-state index in [0.717, 1.165) is 43.4 Å². The third-order valence-corrected chi connectivity index (χ3v) is 9.09. The summed E-state index contributed by atoms with van der Waals surface area (Å²) in [5.41, 5.74) is -1.18. The van der Waals surface area contributed by atoms with E-state index in [2.05, 4.69) is 10.6 Å². The van der Waals surface area contributed by atoms with Crippen LogP contribution < -0.4 is 10.6 Å². The van der Waals surface area contributed by atoms with Crippen LogP contribution in [0.5, 0.6) is 0 Å². The van der Waals surface area contributed by atoms with Gasteiger partial charge in [0.25, 0.3) is 0 Å². The van der Waals surface area contributed by atoms with Gasteiger partial charge in [-0.3, -0.25) is 24.0 Å². The van der Waals surface area contributed by atoms with Gasteiger partial charge in [0.15, 0.2) is 0 Å². The number of carboxylic acid groups (broad SMARTS) is 2. The molecule has 1 atom stereocenters. The highest BCUT2D eigenvalue weighted by atomic mass is 16.6. The van der Waals surface area contributed by atoms with E-state index >= 15 is 0 Å². The Morgan fingerprint density at radius 1 is 0.524 bits per heavy atom. The maximum Gasteiger partial charge on any atom is 0.329 e. The number of esters is 2. The van der Waals surface area contributed by atoms with Crippen LogP contribution in [0.25, 0.3) is 0 Å². The van der Waals surface area contributed by atoms with Crippen LogP contribution in [0.2, 0.25) is 0 Å². The summed E-state index contributed by atoms with van der Waals surface area (Å²) in [4.78, 5) is 85.1. The maximum absolute atomic E-state index is 12.9. The van der Waals surface area contributed by atoms with Gasteiger partial charge >= 0.3 is 23.9 Å². The van der Waals surface area contributed by atoms with Gasteiger partial charge in [-0.15, -0.1) is 0 Å². The van der Waals surface area contributed by atoms with Crippen LogP contribution in [0.4, 0.5) is 0 Å². The van der Waals surface area contributed by atoms with Crippen LogP contribution in [0.1, 0.15) is 157 Å². The second kappa shape index (κ2) is 36.5. The molecule has 0 aliphatic heterocycles. The molecule has 0 radical (unpaired) electrons. The van der Waals surface area contributed by atoms with Gasteiger partial charge in [-0.25, -0.2) is 9.59 Å². The first kappa shape index (κ1) is 59.1. The zero-order valence-corrected chi connectivity index (χ0v) is 39.2. The highest BCUT2D eigenvalue weighted by Crippen LogP contribution is 2.16. The first-order valence-corrected chi connectivity index (χ1v) is 22.8. The Balaban J connectivity index is 4.20. The summed E-state index contributed by atoms with van der Waals surface area (Å²) in [6, 6.07) is -0.966. The topological polar surface area (TPSA) is 243 Å². The number of carbonyl (C=O) groups is 7. The molecule has 3 amide bonds. The van der Waals surface area contributed by atoms with Crippen LogP contribution in [-0.4, -0.2) is 146 Å². The second-order valence-corrected chi connectivity index (χ2v) is 17.5. The molecule has 0 rings (SSSR count). The van der Waals surface area contributed by atoms with Crippen molar-refractivity contribution in [1.82, 2.24) is 15.5 Å². The van der Waals surface area contributed by atoms with Crippen molar-refractivity contribution in [3.05, 3.63) is 0 Å². The summed E-state index contributed by atoms with van der Waals surface area (Å²) in [7, 11) is 0. The van der Waals surface area contributed by atoms with Crippen molar-refractivity contribution >= 4 is 41.6 Å². The van der Waals surface area contributed by atoms with E-state index in [9.17, 15) is 33.6 Å². The number of hydrogen-bond donors (Lipinski definition) is 4. The number of aliphatic carboxylic acids is 2. The van der Waals surface area contributed by atoms with Gasteiger partial charge < -0.3 is 54.2 Å². The van der Waals surface area contributed by atoms with E-state index in [1.54, 1.807) is 20.8 Å². The first-order chi connectivity index (χ1) is 29.8. The Bertz CT molecular complexity index is 1300. The highest BCUT2D eigenvalue weighted by molar-refractivity contribution is 5.85. The molecule has 0 unspecified atom stereocenters. The van der Waals surface area contributed by atoms with Gasteiger partial charge in [-0.1, -0.05) is 77.0 Å². The molecule has 366 valence electrons. The molecule has 0 fully saturated rings. The molecular formula is C45H81N3O15. The molecule has 0 saturated carbocycles. The number of hydrogen-bond acceptors (Lipinski definition) is 13. The Kier molecular flexibility index (Phi) is 34.2. The van der Waals surface area contributed by atoms with Gasteiger partial charge in [0.1, 0.15) is 37.0 Å². The van der Waals surface area contributed by atoms with Crippen LogP contribution in [0, 0.1) is 0 Å². The molecule has 0 aromatic heterocycles. The zero-order valence-electron chi connectivity index (χ0n) is 39.2. The van der Waals surface area contributed by atoms with Crippen molar-refractivity contribution in [2.75, 3.05) is 72.5 Å². The number of rotatable bonds is 40. The number of nitrogens with zero attached hydrogens (tertiary/aromatic N) is 1. The Labute approximate surface area is 375 Å². The molecule has 18 nitrogen and oxygen atoms in total. The Morgan fingerprint density at radius 2 is 1.00 bits per heavy atom. The summed E-state index contributed by atoms with van der Waals surface area (Å²) in [5.74, 6) is -4.17. The van der Waals surface area contributed by atoms with Crippen LogP contribution in [0.15, 0.2) is 0 Å². The minimum Gasteiger partial charge on any atom is -0.480 e. The lowest BCUT2D eigenvalue weighted by Crippen LogP contribution is -2.44. The fraction of sp³-hybridized carbons (Fsp3) is 0.844. The van der Waals surface area contributed by atoms with E-state index in [4.69, 9.17) is 38.6 Å². The summed E-state index contributed by atoms with van der Waals surface area (Å²) >= 11 is 0. The van der Waals surface area contributed by atoms with Crippen molar-refractivity contribution in [3.8, 4) is 0 Å². The molecule has 0 bridgehead atoms. The summed E-state index contributed by atoms with van der Waals surface area (Å²) in [6.07, 6.45) is 16.3. The standard InChI is InChI=1S/C45H81N3O15/c1-44(2,3)62-42(56)22-20-18-16-14-12-10-8-7-9-11-13-15-17-19-21-38(50)47-36(43(57)63-45(4,5)6)23-24-37(49)46-25-27-58-29-31-60-34-39(51)48(33-40(52)53)26-28-59-30-32-61-35-41(54)55/h36H,7-35H2,1-6H3,(H,46,49)(H,47,50)(H,52,53)(H,54,55)/t36-/m0/s1. The number of carbonyl (C=O) groups excluding carboxylic acids is 5. The zero-order chi connectivity index (χ0) is 47.4.